The Kier molecular flexibility index (Phi) is 3.12. The highest BCUT2D eigenvalue weighted by molar-refractivity contribution is 5.81. The van der Waals surface area contributed by atoms with E-state index in [1.165, 1.54) is 0 Å². The normalized spacial score (nSPS) is 26.1. The highest BCUT2D eigenvalue weighted by Gasteiger charge is 2.40. The summed E-state index contributed by atoms with van der Waals surface area (Å²) in [5.74, 6) is -0.000509. The van der Waals surface area contributed by atoms with Gasteiger partial charge in [-0.1, -0.05) is 0 Å². The Morgan fingerprint density at radius 2 is 1.67 bits per heavy atom. The van der Waals surface area contributed by atoms with E-state index >= 15 is 0 Å². The lowest BCUT2D eigenvalue weighted by Gasteiger charge is -2.47. The van der Waals surface area contributed by atoms with E-state index in [0.717, 1.165) is 0 Å². The molecule has 0 aromatic rings. The number of carbonyl (C=O) groups is 1. The van der Waals surface area contributed by atoms with Gasteiger partial charge in [0.2, 0.25) is 5.91 Å². The lowest BCUT2D eigenvalue weighted by Crippen LogP contribution is -2.60. The summed E-state index contributed by atoms with van der Waals surface area (Å²) in [4.78, 5) is 13.6. The van der Waals surface area contributed by atoms with Gasteiger partial charge in [0, 0.05) is 13.1 Å². The summed E-state index contributed by atoms with van der Waals surface area (Å²) in [6, 6.07) is -0.435. The van der Waals surface area contributed by atoms with Crippen molar-refractivity contribution in [2.24, 2.45) is 5.73 Å². The molecule has 4 nitrogen and oxygen atoms in total. The molecule has 0 radical (unpaired) electrons. The predicted molar refractivity (Wildman–Crippen MR) is 59.5 cm³/mol. The van der Waals surface area contributed by atoms with Gasteiger partial charge in [0.1, 0.15) is 0 Å². The van der Waals surface area contributed by atoms with Crippen LogP contribution in [0.15, 0.2) is 0 Å². The molecule has 0 bridgehead atoms. The van der Waals surface area contributed by atoms with Crippen LogP contribution >= 0.6 is 0 Å². The van der Waals surface area contributed by atoms with Crippen LogP contribution in [0.25, 0.3) is 0 Å². The Bertz CT molecular complexity index is 243. The van der Waals surface area contributed by atoms with Crippen molar-refractivity contribution in [3.63, 3.8) is 0 Å². The van der Waals surface area contributed by atoms with E-state index in [1.54, 1.807) is 11.8 Å². The van der Waals surface area contributed by atoms with Gasteiger partial charge < -0.3 is 15.4 Å². The summed E-state index contributed by atoms with van der Waals surface area (Å²) in [6.45, 7) is 10.9. The van der Waals surface area contributed by atoms with E-state index < -0.39 is 6.04 Å². The first-order valence-electron chi connectivity index (χ1n) is 5.37. The van der Waals surface area contributed by atoms with Crippen LogP contribution in [0, 0.1) is 0 Å². The molecule has 1 saturated heterocycles. The maximum absolute atomic E-state index is 11.8. The maximum atomic E-state index is 11.8. The zero-order valence-electron chi connectivity index (χ0n) is 10.3. The number of hydrogen-bond acceptors (Lipinski definition) is 3. The molecule has 1 amide bonds. The minimum atomic E-state index is -0.435. The van der Waals surface area contributed by atoms with E-state index in [1.807, 2.05) is 27.7 Å². The van der Waals surface area contributed by atoms with Crippen LogP contribution in [0.3, 0.4) is 0 Å². The van der Waals surface area contributed by atoms with Gasteiger partial charge in [-0.3, -0.25) is 4.79 Å². The first-order valence-corrected chi connectivity index (χ1v) is 5.37. The quantitative estimate of drug-likeness (QED) is 0.700. The molecule has 0 spiro atoms. The first-order chi connectivity index (χ1) is 6.63. The van der Waals surface area contributed by atoms with E-state index in [0.29, 0.717) is 13.1 Å². The molecule has 0 aliphatic carbocycles. The van der Waals surface area contributed by atoms with Crippen molar-refractivity contribution in [3.05, 3.63) is 0 Å². The molecule has 1 aliphatic heterocycles. The minimum Gasteiger partial charge on any atom is -0.366 e. The number of rotatable bonds is 1. The van der Waals surface area contributed by atoms with Gasteiger partial charge in [0.25, 0.3) is 0 Å². The highest BCUT2D eigenvalue weighted by Crippen LogP contribution is 2.28. The monoisotopic (exact) mass is 214 g/mol. The minimum absolute atomic E-state index is 0.000509. The second kappa shape index (κ2) is 3.76. The van der Waals surface area contributed by atoms with Crippen LogP contribution in [0.1, 0.15) is 34.6 Å². The fourth-order valence-electron chi connectivity index (χ4n) is 2.23. The smallest absolute Gasteiger partial charge is 0.239 e. The number of amides is 1. The van der Waals surface area contributed by atoms with Gasteiger partial charge in [-0.15, -0.1) is 0 Å². The molecule has 0 saturated carbocycles. The van der Waals surface area contributed by atoms with E-state index in [4.69, 9.17) is 10.5 Å². The van der Waals surface area contributed by atoms with Crippen molar-refractivity contribution in [1.29, 1.82) is 0 Å². The average Bonchev–Trinajstić information content (AvgIpc) is 1.96. The fourth-order valence-corrected chi connectivity index (χ4v) is 2.23. The van der Waals surface area contributed by atoms with Gasteiger partial charge in [0.15, 0.2) is 0 Å². The Labute approximate surface area is 91.8 Å². The maximum Gasteiger partial charge on any atom is 0.239 e. The Balaban J connectivity index is 2.80. The van der Waals surface area contributed by atoms with Crippen molar-refractivity contribution in [2.45, 2.75) is 51.9 Å². The van der Waals surface area contributed by atoms with Crippen LogP contribution in [0.5, 0.6) is 0 Å². The van der Waals surface area contributed by atoms with Crippen molar-refractivity contribution in [1.82, 2.24) is 4.90 Å². The van der Waals surface area contributed by atoms with Crippen LogP contribution in [0.4, 0.5) is 0 Å². The van der Waals surface area contributed by atoms with Crippen LogP contribution in [-0.2, 0) is 9.53 Å². The molecule has 0 aromatic heterocycles. The van der Waals surface area contributed by atoms with Crippen molar-refractivity contribution in [3.8, 4) is 0 Å². The van der Waals surface area contributed by atoms with Gasteiger partial charge in [-0.2, -0.15) is 0 Å². The molecular weight excluding hydrogens is 192 g/mol. The number of ether oxygens (including phenoxy) is 1. The third kappa shape index (κ3) is 3.18. The number of nitrogens with zero attached hydrogens (tertiary/aromatic N) is 1. The lowest BCUT2D eigenvalue weighted by molar-refractivity contribution is -0.188. The van der Waals surface area contributed by atoms with Crippen LogP contribution < -0.4 is 5.73 Å². The average molecular weight is 214 g/mol. The van der Waals surface area contributed by atoms with Crippen LogP contribution in [-0.4, -0.2) is 41.1 Å². The summed E-state index contributed by atoms with van der Waals surface area (Å²) in [6.07, 6.45) is 0. The first kappa shape index (κ1) is 12.5. The number of nitrogens with two attached hydrogens (primary N) is 1. The second-order valence-corrected chi connectivity index (χ2v) is 5.60. The third-order valence-corrected chi connectivity index (χ3v) is 2.40. The van der Waals surface area contributed by atoms with E-state index in [2.05, 4.69) is 0 Å². The largest absolute Gasteiger partial charge is 0.366 e. The molecule has 15 heavy (non-hydrogen) atoms. The molecule has 1 atom stereocenters. The van der Waals surface area contributed by atoms with Crippen molar-refractivity contribution >= 4 is 5.91 Å². The molecule has 1 rings (SSSR count). The molecule has 4 heteroatoms. The summed E-state index contributed by atoms with van der Waals surface area (Å²) < 4.78 is 5.89. The molecule has 88 valence electrons. The number of morpholine rings is 1. The van der Waals surface area contributed by atoms with Gasteiger partial charge in [0.05, 0.1) is 17.2 Å². The molecule has 0 aromatic carbocycles. The summed E-state index contributed by atoms with van der Waals surface area (Å²) in [5, 5.41) is 0. The zero-order chi connectivity index (χ0) is 11.9. The number of hydrogen-bond donors (Lipinski definition) is 1. The van der Waals surface area contributed by atoms with Gasteiger partial charge in [-0.25, -0.2) is 0 Å². The Morgan fingerprint density at radius 1 is 1.27 bits per heavy atom. The second-order valence-electron chi connectivity index (χ2n) is 5.60. The summed E-state index contributed by atoms with van der Waals surface area (Å²) in [7, 11) is 0. The van der Waals surface area contributed by atoms with Gasteiger partial charge in [-0.05, 0) is 34.6 Å². The molecule has 1 unspecified atom stereocenters. The van der Waals surface area contributed by atoms with Crippen LogP contribution in [0.2, 0.25) is 0 Å². The highest BCUT2D eigenvalue weighted by atomic mass is 16.5. The molecular formula is C11H22N2O2. The topological polar surface area (TPSA) is 55.6 Å². The SMILES string of the molecule is CC(N)C(=O)N1CC(C)(C)OC(C)(C)C1. The zero-order valence-corrected chi connectivity index (χ0v) is 10.3. The predicted octanol–water partition coefficient (Wildman–Crippen LogP) is 0.750. The van der Waals surface area contributed by atoms with Crippen molar-refractivity contribution < 1.29 is 9.53 Å². The lowest BCUT2D eigenvalue weighted by atomic mass is 9.98. The summed E-state index contributed by atoms with van der Waals surface area (Å²) >= 11 is 0. The number of carbonyl (C=O) groups excluding carboxylic acids is 1. The van der Waals surface area contributed by atoms with E-state index in [-0.39, 0.29) is 17.1 Å². The molecule has 2 N–H and O–H groups in total. The molecule has 1 heterocycles. The molecule has 1 fully saturated rings. The Morgan fingerprint density at radius 3 is 2.00 bits per heavy atom. The standard InChI is InChI=1S/C11H22N2O2/c1-8(12)9(14)13-6-10(2,3)15-11(4,5)7-13/h8H,6-7,12H2,1-5H3. The Hall–Kier alpha value is -0.610. The fraction of sp³-hybridized carbons (Fsp3) is 0.909. The van der Waals surface area contributed by atoms with Crippen molar-refractivity contribution in [2.75, 3.05) is 13.1 Å². The van der Waals surface area contributed by atoms with E-state index in [9.17, 15) is 4.79 Å². The molecule has 1 aliphatic rings. The summed E-state index contributed by atoms with van der Waals surface area (Å²) in [5.41, 5.74) is 5.01. The third-order valence-electron chi connectivity index (χ3n) is 2.40. The van der Waals surface area contributed by atoms with Gasteiger partial charge >= 0.3 is 0 Å².